The maximum atomic E-state index is 13.3. The van der Waals surface area contributed by atoms with E-state index in [-0.39, 0.29) is 12.2 Å². The summed E-state index contributed by atoms with van der Waals surface area (Å²) in [5.74, 6) is -0.742. The molecule has 3 aromatic carbocycles. The fourth-order valence-corrected chi connectivity index (χ4v) is 4.12. The molecule has 1 heterocycles. The van der Waals surface area contributed by atoms with Gasteiger partial charge in [0.05, 0.1) is 18.7 Å². The smallest absolute Gasteiger partial charge is 0.264 e. The zero-order valence-electron chi connectivity index (χ0n) is 15.9. The van der Waals surface area contributed by atoms with E-state index in [1.165, 1.54) is 0 Å². The molecule has 29 heavy (non-hydrogen) atoms. The van der Waals surface area contributed by atoms with Crippen LogP contribution in [0.5, 0.6) is 0 Å². The second-order valence-electron chi connectivity index (χ2n) is 7.33. The van der Waals surface area contributed by atoms with Crippen molar-refractivity contribution in [2.24, 2.45) is 0 Å². The van der Waals surface area contributed by atoms with Gasteiger partial charge in [0.25, 0.3) is 5.91 Å². The second kappa shape index (κ2) is 7.58. The Labute approximate surface area is 177 Å². The van der Waals surface area contributed by atoms with Gasteiger partial charge in [-0.2, -0.15) is 0 Å². The van der Waals surface area contributed by atoms with Gasteiger partial charge in [-0.15, -0.1) is 0 Å². The molecule has 4 rings (SSSR count). The number of benzene rings is 3. The van der Waals surface area contributed by atoms with Gasteiger partial charge in [-0.1, -0.05) is 82.2 Å². The summed E-state index contributed by atoms with van der Waals surface area (Å²) in [5, 5.41) is 11.4. The SMILES string of the molecule is Cc1ccc(C(=O)C[C@@]2(O)C(=O)N(Cc3ccccc3Br)c3ccccc32)cc1. The monoisotopic (exact) mass is 449 g/mol. The molecule has 1 amide bonds. The van der Waals surface area contributed by atoms with Crippen LogP contribution in [0.1, 0.15) is 33.5 Å². The Morgan fingerprint density at radius 1 is 1.00 bits per heavy atom. The summed E-state index contributed by atoms with van der Waals surface area (Å²) in [6.07, 6.45) is -0.293. The molecule has 0 fully saturated rings. The van der Waals surface area contributed by atoms with Gasteiger partial charge in [-0.3, -0.25) is 9.59 Å². The molecule has 1 aliphatic rings. The van der Waals surface area contributed by atoms with Crippen LogP contribution in [0, 0.1) is 6.92 Å². The number of aryl methyl sites for hydroxylation is 1. The van der Waals surface area contributed by atoms with Gasteiger partial charge in [-0.05, 0) is 24.6 Å². The Morgan fingerprint density at radius 2 is 1.66 bits per heavy atom. The fraction of sp³-hybridized carbons (Fsp3) is 0.167. The van der Waals surface area contributed by atoms with E-state index in [1.54, 1.807) is 35.2 Å². The lowest BCUT2D eigenvalue weighted by atomic mass is 9.88. The minimum Gasteiger partial charge on any atom is -0.375 e. The predicted molar refractivity (Wildman–Crippen MR) is 116 cm³/mol. The highest BCUT2D eigenvalue weighted by Crippen LogP contribution is 2.43. The molecule has 0 saturated carbocycles. The minimum absolute atomic E-state index is 0.265. The number of hydrogen-bond acceptors (Lipinski definition) is 3. The van der Waals surface area contributed by atoms with Crippen LogP contribution in [0.3, 0.4) is 0 Å². The molecule has 0 radical (unpaired) electrons. The lowest BCUT2D eigenvalue weighted by Crippen LogP contribution is -2.41. The van der Waals surface area contributed by atoms with E-state index in [0.29, 0.717) is 23.4 Å². The van der Waals surface area contributed by atoms with E-state index in [0.717, 1.165) is 15.6 Å². The van der Waals surface area contributed by atoms with E-state index in [4.69, 9.17) is 0 Å². The number of Topliss-reactive ketones (excluding diaryl/α,β-unsaturated/α-hetero) is 1. The van der Waals surface area contributed by atoms with Gasteiger partial charge in [0.15, 0.2) is 11.4 Å². The lowest BCUT2D eigenvalue weighted by Gasteiger charge is -2.23. The molecular formula is C24H20BrNO3. The van der Waals surface area contributed by atoms with Crippen molar-refractivity contribution >= 4 is 33.3 Å². The number of carbonyl (C=O) groups is 2. The zero-order chi connectivity index (χ0) is 20.6. The van der Waals surface area contributed by atoms with Crippen molar-refractivity contribution in [1.82, 2.24) is 0 Å². The number of ketones is 1. The van der Waals surface area contributed by atoms with Crippen molar-refractivity contribution < 1.29 is 14.7 Å². The van der Waals surface area contributed by atoms with Crippen LogP contribution in [0.2, 0.25) is 0 Å². The van der Waals surface area contributed by atoms with Crippen molar-refractivity contribution in [3.63, 3.8) is 0 Å². The molecular weight excluding hydrogens is 430 g/mol. The average molecular weight is 450 g/mol. The Bertz CT molecular complexity index is 1090. The average Bonchev–Trinajstić information content (AvgIpc) is 2.92. The highest BCUT2D eigenvalue weighted by atomic mass is 79.9. The highest BCUT2D eigenvalue weighted by Gasteiger charge is 2.50. The molecule has 1 N–H and O–H groups in total. The number of fused-ring (bicyclic) bond motifs is 1. The summed E-state index contributed by atoms with van der Waals surface area (Å²) in [5.41, 5.74) is 1.68. The van der Waals surface area contributed by atoms with Crippen LogP contribution < -0.4 is 4.90 Å². The van der Waals surface area contributed by atoms with E-state index in [1.807, 2.05) is 49.4 Å². The van der Waals surface area contributed by atoms with E-state index in [2.05, 4.69) is 15.9 Å². The normalized spacial score (nSPS) is 18.0. The van der Waals surface area contributed by atoms with Crippen LogP contribution in [0.15, 0.2) is 77.3 Å². The maximum absolute atomic E-state index is 13.3. The summed E-state index contributed by atoms with van der Waals surface area (Å²) in [7, 11) is 0. The molecule has 0 spiro atoms. The van der Waals surface area contributed by atoms with Crippen LogP contribution in [0.25, 0.3) is 0 Å². The van der Waals surface area contributed by atoms with Gasteiger partial charge in [0.1, 0.15) is 0 Å². The summed E-state index contributed by atoms with van der Waals surface area (Å²) in [6, 6.07) is 21.9. The van der Waals surface area contributed by atoms with Crippen molar-refractivity contribution in [2.75, 3.05) is 4.90 Å². The zero-order valence-corrected chi connectivity index (χ0v) is 17.5. The largest absolute Gasteiger partial charge is 0.375 e. The Balaban J connectivity index is 1.69. The second-order valence-corrected chi connectivity index (χ2v) is 8.18. The Morgan fingerprint density at radius 3 is 2.38 bits per heavy atom. The van der Waals surface area contributed by atoms with E-state index in [9.17, 15) is 14.7 Å². The number of carbonyl (C=O) groups excluding carboxylic acids is 2. The molecule has 3 aromatic rings. The number of aliphatic hydroxyl groups is 1. The summed E-state index contributed by atoms with van der Waals surface area (Å²) < 4.78 is 0.886. The van der Waals surface area contributed by atoms with Crippen LogP contribution in [0.4, 0.5) is 5.69 Å². The fourth-order valence-electron chi connectivity index (χ4n) is 3.71. The first kappa shape index (κ1) is 19.6. The molecule has 1 aliphatic heterocycles. The maximum Gasteiger partial charge on any atom is 0.264 e. The molecule has 0 aliphatic carbocycles. The number of para-hydroxylation sites is 1. The van der Waals surface area contributed by atoms with Crippen molar-refractivity contribution in [3.05, 3.63) is 99.5 Å². The highest BCUT2D eigenvalue weighted by molar-refractivity contribution is 9.10. The first-order chi connectivity index (χ1) is 13.9. The van der Waals surface area contributed by atoms with Crippen LogP contribution in [-0.2, 0) is 16.9 Å². The van der Waals surface area contributed by atoms with Crippen LogP contribution in [-0.4, -0.2) is 16.8 Å². The van der Waals surface area contributed by atoms with Gasteiger partial charge in [0.2, 0.25) is 0 Å². The molecule has 4 nitrogen and oxygen atoms in total. The molecule has 146 valence electrons. The Hall–Kier alpha value is -2.76. The molecule has 0 aromatic heterocycles. The quantitative estimate of drug-likeness (QED) is 0.570. The third kappa shape index (κ3) is 3.52. The van der Waals surface area contributed by atoms with Gasteiger partial charge >= 0.3 is 0 Å². The number of hydrogen-bond donors (Lipinski definition) is 1. The van der Waals surface area contributed by atoms with E-state index < -0.39 is 11.5 Å². The first-order valence-corrected chi connectivity index (χ1v) is 10.2. The van der Waals surface area contributed by atoms with Gasteiger partial charge in [0, 0.05) is 15.6 Å². The van der Waals surface area contributed by atoms with Gasteiger partial charge in [-0.25, -0.2) is 0 Å². The molecule has 5 heteroatoms. The van der Waals surface area contributed by atoms with Crippen molar-refractivity contribution in [2.45, 2.75) is 25.5 Å². The molecule has 0 unspecified atom stereocenters. The summed E-state index contributed by atoms with van der Waals surface area (Å²) in [4.78, 5) is 27.7. The summed E-state index contributed by atoms with van der Waals surface area (Å²) >= 11 is 3.51. The number of amides is 1. The number of anilines is 1. The third-order valence-corrected chi connectivity index (χ3v) is 6.09. The third-order valence-electron chi connectivity index (χ3n) is 5.32. The summed E-state index contributed by atoms with van der Waals surface area (Å²) in [6.45, 7) is 2.25. The lowest BCUT2D eigenvalue weighted by molar-refractivity contribution is -0.136. The first-order valence-electron chi connectivity index (χ1n) is 9.37. The molecule has 1 atom stereocenters. The van der Waals surface area contributed by atoms with Crippen molar-refractivity contribution in [3.8, 4) is 0 Å². The number of nitrogens with zero attached hydrogens (tertiary/aromatic N) is 1. The Kier molecular flexibility index (Phi) is 5.11. The standard InChI is InChI=1S/C24H20BrNO3/c1-16-10-12-17(13-11-16)22(27)14-24(29)19-7-3-5-9-21(19)26(23(24)28)15-18-6-2-4-8-20(18)25/h2-13,29H,14-15H2,1H3/t24-/m0/s1. The number of halogens is 1. The predicted octanol–water partition coefficient (Wildman–Crippen LogP) is 4.76. The van der Waals surface area contributed by atoms with Crippen LogP contribution >= 0.6 is 15.9 Å². The molecule has 0 saturated heterocycles. The topological polar surface area (TPSA) is 57.6 Å². The van der Waals surface area contributed by atoms with Crippen molar-refractivity contribution in [1.29, 1.82) is 0 Å². The van der Waals surface area contributed by atoms with Gasteiger partial charge < -0.3 is 10.0 Å². The molecule has 0 bridgehead atoms. The number of rotatable bonds is 5. The van der Waals surface area contributed by atoms with E-state index >= 15 is 0 Å². The minimum atomic E-state index is -1.88.